The molecule has 0 radical (unpaired) electrons. The second-order valence-corrected chi connectivity index (χ2v) is 6.64. The molecule has 5 nitrogen and oxygen atoms in total. The average Bonchev–Trinajstić information content (AvgIpc) is 2.48. The van der Waals surface area contributed by atoms with Crippen molar-refractivity contribution in [1.29, 1.82) is 0 Å². The Kier molecular flexibility index (Phi) is 7.89. The Hall–Kier alpha value is -1.91. The number of hydrogen-bond donors (Lipinski definition) is 0. The normalized spacial score (nSPS) is 15.4. The monoisotopic (exact) mass is 333 g/mol. The Bertz CT molecular complexity index is 545. The smallest absolute Gasteiger partial charge is 0.334 e. The van der Waals surface area contributed by atoms with Gasteiger partial charge in [0.15, 0.2) is 5.82 Å². The van der Waals surface area contributed by atoms with Gasteiger partial charge in [0, 0.05) is 18.7 Å². The average molecular weight is 333 g/mol. The largest absolute Gasteiger partial charge is 0.457 e. The molecule has 0 saturated heterocycles. The van der Waals surface area contributed by atoms with Crippen molar-refractivity contribution in [2.45, 2.75) is 66.4 Å². The van der Waals surface area contributed by atoms with E-state index >= 15 is 0 Å². The van der Waals surface area contributed by atoms with Crippen molar-refractivity contribution in [3.8, 4) is 0 Å². The minimum atomic E-state index is -0.441. The van der Waals surface area contributed by atoms with Gasteiger partial charge in [-0.15, -0.1) is 5.10 Å². The fourth-order valence-corrected chi connectivity index (χ4v) is 2.39. The number of hydrogen-bond acceptors (Lipinski definition) is 5. The molecule has 24 heavy (non-hydrogen) atoms. The lowest BCUT2D eigenvalue weighted by Crippen LogP contribution is -2.29. The van der Waals surface area contributed by atoms with E-state index in [2.05, 4.69) is 15.1 Å². The summed E-state index contributed by atoms with van der Waals surface area (Å²) in [5, 5.41) is 8.35. The number of ether oxygens (including phenoxy) is 1. The molecule has 0 unspecified atom stereocenters. The van der Waals surface area contributed by atoms with Crippen LogP contribution in [0.25, 0.3) is 0 Å². The zero-order valence-electron chi connectivity index (χ0n) is 15.9. The van der Waals surface area contributed by atoms with Crippen molar-refractivity contribution in [2.24, 2.45) is 0 Å². The number of aromatic nitrogens is 2. The van der Waals surface area contributed by atoms with Crippen LogP contribution in [-0.4, -0.2) is 34.9 Å². The SMILES string of the molecule is CC.Cc1ccc(N2CCC=C(C(=O)OC(C)(C)C)CCC2)nn1. The summed E-state index contributed by atoms with van der Waals surface area (Å²) in [5.74, 6) is 0.718. The predicted molar refractivity (Wildman–Crippen MR) is 98.1 cm³/mol. The van der Waals surface area contributed by atoms with Crippen LogP contribution >= 0.6 is 0 Å². The van der Waals surface area contributed by atoms with E-state index in [0.29, 0.717) is 0 Å². The maximum Gasteiger partial charge on any atom is 0.334 e. The van der Waals surface area contributed by atoms with Crippen LogP contribution in [0.1, 0.15) is 59.6 Å². The Morgan fingerprint density at radius 3 is 2.46 bits per heavy atom. The third-order valence-corrected chi connectivity index (χ3v) is 3.43. The second-order valence-electron chi connectivity index (χ2n) is 6.64. The van der Waals surface area contributed by atoms with Crippen LogP contribution in [0, 0.1) is 6.92 Å². The minimum absolute atomic E-state index is 0.184. The highest BCUT2D eigenvalue weighted by Gasteiger charge is 2.21. The van der Waals surface area contributed by atoms with E-state index in [1.54, 1.807) is 0 Å². The molecule has 2 heterocycles. The van der Waals surface area contributed by atoms with E-state index in [9.17, 15) is 4.79 Å². The zero-order valence-corrected chi connectivity index (χ0v) is 15.9. The minimum Gasteiger partial charge on any atom is -0.457 e. The molecule has 0 bridgehead atoms. The van der Waals surface area contributed by atoms with Crippen LogP contribution in [0.5, 0.6) is 0 Å². The molecule has 0 atom stereocenters. The van der Waals surface area contributed by atoms with Crippen molar-refractivity contribution in [3.63, 3.8) is 0 Å². The number of anilines is 1. The molecule has 0 aromatic carbocycles. The van der Waals surface area contributed by atoms with Gasteiger partial charge in [-0.2, -0.15) is 5.10 Å². The fraction of sp³-hybridized carbons (Fsp3) is 0.632. The summed E-state index contributed by atoms with van der Waals surface area (Å²) >= 11 is 0. The second kappa shape index (κ2) is 9.40. The lowest BCUT2D eigenvalue weighted by molar-refractivity contribution is -0.150. The number of carbonyl (C=O) groups excluding carboxylic acids is 1. The van der Waals surface area contributed by atoms with Crippen molar-refractivity contribution in [2.75, 3.05) is 18.0 Å². The van der Waals surface area contributed by atoms with Gasteiger partial charge in [0.05, 0.1) is 5.69 Å². The molecule has 1 aliphatic heterocycles. The molecule has 0 N–H and O–H groups in total. The van der Waals surface area contributed by atoms with Crippen LogP contribution in [0.2, 0.25) is 0 Å². The highest BCUT2D eigenvalue weighted by atomic mass is 16.6. The van der Waals surface area contributed by atoms with Crippen LogP contribution in [0.4, 0.5) is 5.82 Å². The summed E-state index contributed by atoms with van der Waals surface area (Å²) in [6.45, 7) is 13.3. The van der Waals surface area contributed by atoms with Crippen LogP contribution in [0.15, 0.2) is 23.8 Å². The fourth-order valence-electron chi connectivity index (χ4n) is 2.39. The topological polar surface area (TPSA) is 55.3 Å². The van der Waals surface area contributed by atoms with E-state index in [-0.39, 0.29) is 5.97 Å². The molecule has 0 saturated carbocycles. The van der Waals surface area contributed by atoms with Gasteiger partial charge < -0.3 is 9.64 Å². The molecule has 2 rings (SSSR count). The summed E-state index contributed by atoms with van der Waals surface area (Å²) in [4.78, 5) is 14.4. The number of aryl methyl sites for hydroxylation is 1. The standard InChI is InChI=1S/C17H25N3O2.C2H6/c1-13-9-10-15(19-18-13)20-11-5-7-14(8-6-12-20)16(21)22-17(2,3)4;1-2/h7,9-10H,5-6,8,11-12H2,1-4H3;1-2H3. The quantitative estimate of drug-likeness (QED) is 0.764. The van der Waals surface area contributed by atoms with Gasteiger partial charge in [-0.1, -0.05) is 19.9 Å². The van der Waals surface area contributed by atoms with Crippen LogP contribution in [-0.2, 0) is 9.53 Å². The molecule has 1 aliphatic rings. The van der Waals surface area contributed by atoms with Gasteiger partial charge in [0.25, 0.3) is 0 Å². The first-order chi connectivity index (χ1) is 11.3. The van der Waals surface area contributed by atoms with E-state index < -0.39 is 5.60 Å². The molecule has 5 heteroatoms. The van der Waals surface area contributed by atoms with E-state index in [1.807, 2.05) is 59.8 Å². The molecular weight excluding hydrogens is 302 g/mol. The lowest BCUT2D eigenvalue weighted by atomic mass is 10.1. The number of esters is 1. The number of carbonyl (C=O) groups is 1. The highest BCUT2D eigenvalue weighted by molar-refractivity contribution is 5.88. The first-order valence-corrected chi connectivity index (χ1v) is 8.83. The molecule has 0 amide bonds. The van der Waals surface area contributed by atoms with Gasteiger partial charge in [-0.05, 0) is 59.1 Å². The van der Waals surface area contributed by atoms with Crippen LogP contribution < -0.4 is 4.90 Å². The first-order valence-electron chi connectivity index (χ1n) is 8.83. The number of nitrogens with zero attached hydrogens (tertiary/aromatic N) is 3. The maximum atomic E-state index is 12.1. The van der Waals surface area contributed by atoms with E-state index in [1.165, 1.54) is 0 Å². The molecule has 0 aliphatic carbocycles. The lowest BCUT2D eigenvalue weighted by Gasteiger charge is -2.26. The van der Waals surface area contributed by atoms with Crippen molar-refractivity contribution >= 4 is 11.8 Å². The van der Waals surface area contributed by atoms with Gasteiger partial charge in [0.2, 0.25) is 0 Å². The Balaban J connectivity index is 0.00000139. The molecular formula is C19H31N3O2. The summed E-state index contributed by atoms with van der Waals surface area (Å²) in [6, 6.07) is 3.98. The Labute approximate surface area is 146 Å². The molecule has 1 aromatic rings. The summed E-state index contributed by atoms with van der Waals surface area (Å²) in [7, 11) is 0. The van der Waals surface area contributed by atoms with Crippen molar-refractivity contribution in [3.05, 3.63) is 29.5 Å². The molecule has 1 aromatic heterocycles. The zero-order chi connectivity index (χ0) is 18.2. The summed E-state index contributed by atoms with van der Waals surface area (Å²) in [6.07, 6.45) is 4.46. The summed E-state index contributed by atoms with van der Waals surface area (Å²) < 4.78 is 5.46. The Morgan fingerprint density at radius 1 is 1.17 bits per heavy atom. The van der Waals surface area contributed by atoms with E-state index in [4.69, 9.17) is 4.74 Å². The van der Waals surface area contributed by atoms with Crippen LogP contribution in [0.3, 0.4) is 0 Å². The van der Waals surface area contributed by atoms with Crippen molar-refractivity contribution in [1.82, 2.24) is 10.2 Å². The molecule has 0 fully saturated rings. The van der Waals surface area contributed by atoms with Crippen molar-refractivity contribution < 1.29 is 9.53 Å². The third-order valence-electron chi connectivity index (χ3n) is 3.43. The molecule has 0 spiro atoms. The van der Waals surface area contributed by atoms with Gasteiger partial charge >= 0.3 is 5.97 Å². The summed E-state index contributed by atoms with van der Waals surface area (Å²) in [5.41, 5.74) is 1.27. The molecule has 134 valence electrons. The maximum absolute atomic E-state index is 12.1. The number of rotatable bonds is 2. The first kappa shape index (κ1) is 20.1. The van der Waals surface area contributed by atoms with Gasteiger partial charge in [-0.25, -0.2) is 4.79 Å². The van der Waals surface area contributed by atoms with Gasteiger partial charge in [-0.3, -0.25) is 0 Å². The van der Waals surface area contributed by atoms with E-state index in [0.717, 1.165) is 49.4 Å². The Morgan fingerprint density at radius 2 is 1.88 bits per heavy atom. The van der Waals surface area contributed by atoms with Gasteiger partial charge in [0.1, 0.15) is 5.60 Å². The predicted octanol–water partition coefficient (Wildman–Crippen LogP) is 4.07. The third kappa shape index (κ3) is 6.69. The highest BCUT2D eigenvalue weighted by Crippen LogP contribution is 2.19.